The van der Waals surface area contributed by atoms with E-state index in [0.29, 0.717) is 12.1 Å². The van der Waals surface area contributed by atoms with Gasteiger partial charge in [-0.1, -0.05) is 23.8 Å². The van der Waals surface area contributed by atoms with Crippen molar-refractivity contribution in [2.75, 3.05) is 19.3 Å². The van der Waals surface area contributed by atoms with Crippen molar-refractivity contribution >= 4 is 15.9 Å². The molecule has 1 aliphatic carbocycles. The summed E-state index contributed by atoms with van der Waals surface area (Å²) in [5, 5.41) is 2.86. The Labute approximate surface area is 155 Å². The van der Waals surface area contributed by atoms with Gasteiger partial charge in [0, 0.05) is 26.1 Å². The molecule has 7 heteroatoms. The normalized spacial score (nSPS) is 15.0. The van der Waals surface area contributed by atoms with Gasteiger partial charge >= 0.3 is 0 Å². The van der Waals surface area contributed by atoms with Crippen molar-refractivity contribution in [3.63, 3.8) is 0 Å². The first-order valence-electron chi connectivity index (χ1n) is 8.99. The number of carbonyl (C=O) groups excluding carboxylic acids is 1. The number of amides is 1. The molecule has 5 nitrogen and oxygen atoms in total. The molecule has 0 unspecified atom stereocenters. The van der Waals surface area contributed by atoms with Crippen LogP contribution < -0.4 is 5.32 Å². The van der Waals surface area contributed by atoms with E-state index in [2.05, 4.69) is 11.4 Å². The van der Waals surface area contributed by atoms with Crippen molar-refractivity contribution < 1.29 is 17.6 Å². The van der Waals surface area contributed by atoms with Crippen molar-refractivity contribution in [1.29, 1.82) is 0 Å². The van der Waals surface area contributed by atoms with Gasteiger partial charge in [-0.05, 0) is 49.8 Å². The van der Waals surface area contributed by atoms with Crippen LogP contribution in [0.5, 0.6) is 0 Å². The molecule has 0 fully saturated rings. The van der Waals surface area contributed by atoms with Crippen LogP contribution in [0.25, 0.3) is 0 Å². The smallest absolute Gasteiger partial charge is 0.221 e. The second kappa shape index (κ2) is 9.83. The second-order valence-corrected chi connectivity index (χ2v) is 8.66. The van der Waals surface area contributed by atoms with E-state index < -0.39 is 10.0 Å². The number of benzene rings is 1. The number of hydrogen-bond acceptors (Lipinski definition) is 3. The van der Waals surface area contributed by atoms with Crippen LogP contribution in [0.15, 0.2) is 35.9 Å². The van der Waals surface area contributed by atoms with Crippen LogP contribution in [-0.2, 0) is 21.4 Å². The van der Waals surface area contributed by atoms with Gasteiger partial charge in [-0.25, -0.2) is 12.8 Å². The van der Waals surface area contributed by atoms with Crippen LogP contribution in [0.4, 0.5) is 4.39 Å². The first kappa shape index (κ1) is 20.6. The minimum absolute atomic E-state index is 0.102. The Morgan fingerprint density at radius 3 is 2.58 bits per heavy atom. The lowest BCUT2D eigenvalue weighted by Crippen LogP contribution is -2.34. The summed E-state index contributed by atoms with van der Waals surface area (Å²) in [4.78, 5) is 12.0. The Morgan fingerprint density at radius 1 is 1.23 bits per heavy atom. The van der Waals surface area contributed by atoms with Gasteiger partial charge in [0.25, 0.3) is 0 Å². The largest absolute Gasteiger partial charge is 0.356 e. The number of carbonyl (C=O) groups is 1. The topological polar surface area (TPSA) is 66.5 Å². The lowest BCUT2D eigenvalue weighted by molar-refractivity contribution is -0.121. The Bertz CT molecular complexity index is 730. The third-order valence-electron chi connectivity index (χ3n) is 4.48. The summed E-state index contributed by atoms with van der Waals surface area (Å²) >= 11 is 0. The summed E-state index contributed by atoms with van der Waals surface area (Å²) < 4.78 is 38.1. The molecule has 1 N–H and O–H groups in total. The molecule has 1 aliphatic rings. The van der Waals surface area contributed by atoms with Crippen molar-refractivity contribution in [2.45, 2.75) is 45.1 Å². The monoisotopic (exact) mass is 382 g/mol. The molecule has 0 aliphatic heterocycles. The van der Waals surface area contributed by atoms with E-state index in [1.807, 2.05) is 0 Å². The Hall–Kier alpha value is -1.73. The molecule has 0 saturated heterocycles. The van der Waals surface area contributed by atoms with E-state index in [0.717, 1.165) is 25.5 Å². The summed E-state index contributed by atoms with van der Waals surface area (Å²) in [7, 11) is -3.46. The van der Waals surface area contributed by atoms with Crippen molar-refractivity contribution in [3.05, 3.63) is 47.3 Å². The van der Waals surface area contributed by atoms with Gasteiger partial charge in [-0.2, -0.15) is 4.31 Å². The molecule has 2 rings (SSSR count). The highest BCUT2D eigenvalue weighted by Gasteiger charge is 2.18. The molecule has 0 spiro atoms. The highest BCUT2D eigenvalue weighted by atomic mass is 32.2. The average Bonchev–Trinajstić information content (AvgIpc) is 2.60. The highest BCUT2D eigenvalue weighted by molar-refractivity contribution is 7.88. The number of nitrogens with one attached hydrogen (secondary N) is 1. The van der Waals surface area contributed by atoms with Gasteiger partial charge in [0.05, 0.1) is 6.26 Å². The molecule has 1 amide bonds. The first-order chi connectivity index (χ1) is 12.3. The molecule has 0 heterocycles. The molecule has 0 radical (unpaired) electrons. The molecule has 0 saturated carbocycles. The Kier molecular flexibility index (Phi) is 7.78. The Balaban J connectivity index is 1.79. The van der Waals surface area contributed by atoms with Crippen LogP contribution in [0.2, 0.25) is 0 Å². The number of hydrogen-bond donors (Lipinski definition) is 1. The zero-order valence-electron chi connectivity index (χ0n) is 15.2. The lowest BCUT2D eigenvalue weighted by Gasteiger charge is -2.20. The molecular weight excluding hydrogens is 355 g/mol. The highest BCUT2D eigenvalue weighted by Crippen LogP contribution is 2.19. The number of halogens is 1. The summed E-state index contributed by atoms with van der Waals surface area (Å²) in [6.45, 7) is 0.811. The quantitative estimate of drug-likeness (QED) is 0.668. The maximum Gasteiger partial charge on any atom is 0.221 e. The molecule has 0 atom stereocenters. The van der Waals surface area contributed by atoms with Crippen LogP contribution in [0.3, 0.4) is 0 Å². The molecular formula is C19H27FN2O3S. The summed E-state index contributed by atoms with van der Waals surface area (Å²) in [5.74, 6) is -0.527. The number of nitrogens with zero attached hydrogens (tertiary/aromatic N) is 1. The number of allylic oxidation sites excluding steroid dienone is 1. The van der Waals surface area contributed by atoms with Crippen LogP contribution in [0.1, 0.15) is 44.1 Å². The van der Waals surface area contributed by atoms with Gasteiger partial charge in [0.1, 0.15) is 5.82 Å². The van der Waals surface area contributed by atoms with E-state index >= 15 is 0 Å². The van der Waals surface area contributed by atoms with Crippen LogP contribution in [-0.4, -0.2) is 38.0 Å². The Morgan fingerprint density at radius 2 is 1.96 bits per heavy atom. The molecule has 0 bridgehead atoms. The number of sulfonamides is 1. The van der Waals surface area contributed by atoms with Crippen molar-refractivity contribution in [2.24, 2.45) is 0 Å². The maximum absolute atomic E-state index is 13.0. The van der Waals surface area contributed by atoms with Crippen molar-refractivity contribution in [3.8, 4) is 0 Å². The maximum atomic E-state index is 13.0. The van der Waals surface area contributed by atoms with Gasteiger partial charge in [-0.15, -0.1) is 0 Å². The lowest BCUT2D eigenvalue weighted by atomic mass is 9.97. The molecule has 1 aromatic carbocycles. The molecule has 144 valence electrons. The standard InChI is InChI=1S/C19H27FN2O3S/c1-26(24,25)22(15-17-7-9-18(20)10-8-17)14-12-19(23)21-13-11-16-5-3-2-4-6-16/h5,7-10H,2-4,6,11-15H2,1H3,(H,21,23). The van der Waals surface area contributed by atoms with Gasteiger partial charge in [-0.3, -0.25) is 4.79 Å². The van der Waals surface area contributed by atoms with E-state index in [1.165, 1.54) is 34.9 Å². The third-order valence-corrected chi connectivity index (χ3v) is 5.73. The fraction of sp³-hybridized carbons (Fsp3) is 0.526. The second-order valence-electron chi connectivity index (χ2n) is 6.68. The predicted molar refractivity (Wildman–Crippen MR) is 100 cm³/mol. The average molecular weight is 383 g/mol. The first-order valence-corrected chi connectivity index (χ1v) is 10.8. The van der Waals surface area contributed by atoms with E-state index in [9.17, 15) is 17.6 Å². The zero-order chi connectivity index (χ0) is 19.0. The summed E-state index contributed by atoms with van der Waals surface area (Å²) in [5.41, 5.74) is 2.08. The summed E-state index contributed by atoms with van der Waals surface area (Å²) in [6.07, 6.45) is 9.02. The molecule has 26 heavy (non-hydrogen) atoms. The van der Waals surface area contributed by atoms with Crippen LogP contribution >= 0.6 is 0 Å². The SMILES string of the molecule is CS(=O)(=O)N(CCC(=O)NCCC1=CCCCC1)Cc1ccc(F)cc1. The minimum atomic E-state index is -3.46. The predicted octanol–water partition coefficient (Wildman–Crippen LogP) is 2.98. The third kappa shape index (κ3) is 7.25. The molecule has 0 aromatic heterocycles. The fourth-order valence-corrected chi connectivity index (χ4v) is 3.77. The van der Waals surface area contributed by atoms with Gasteiger partial charge in [0.2, 0.25) is 15.9 Å². The van der Waals surface area contributed by atoms with Crippen molar-refractivity contribution in [1.82, 2.24) is 9.62 Å². The molecule has 1 aromatic rings. The zero-order valence-corrected chi connectivity index (χ0v) is 16.0. The number of rotatable bonds is 9. The summed E-state index contributed by atoms with van der Waals surface area (Å²) in [6, 6.07) is 5.68. The van der Waals surface area contributed by atoms with Gasteiger partial charge in [0.15, 0.2) is 0 Å². The fourth-order valence-electron chi connectivity index (χ4n) is 2.96. The van der Waals surface area contributed by atoms with E-state index in [1.54, 1.807) is 12.1 Å². The van der Waals surface area contributed by atoms with Crippen LogP contribution in [0, 0.1) is 5.82 Å². The van der Waals surface area contributed by atoms with Gasteiger partial charge < -0.3 is 5.32 Å². The minimum Gasteiger partial charge on any atom is -0.356 e. The van der Waals surface area contributed by atoms with E-state index in [-0.39, 0.29) is 31.2 Å². The van der Waals surface area contributed by atoms with E-state index in [4.69, 9.17) is 0 Å².